The zero-order chi connectivity index (χ0) is 24.8. The van der Waals surface area contributed by atoms with Crippen molar-refractivity contribution < 1.29 is 27.8 Å². The molecule has 5 nitrogen and oxygen atoms in total. The maximum Gasteiger partial charge on any atom is 0.344 e. The molecule has 0 saturated carbocycles. The lowest BCUT2D eigenvalue weighted by molar-refractivity contribution is -0.149. The fourth-order valence-corrected chi connectivity index (χ4v) is 3.76. The molecular formula is C27H29F2NO4. The monoisotopic (exact) mass is 469 g/mol. The number of rotatable bonds is 9. The second kappa shape index (κ2) is 11.0. The molecule has 0 spiro atoms. The van der Waals surface area contributed by atoms with Crippen molar-refractivity contribution >= 4 is 11.7 Å². The van der Waals surface area contributed by atoms with Crippen LogP contribution in [0.15, 0.2) is 48.5 Å². The molecule has 7 heteroatoms. The van der Waals surface area contributed by atoms with Gasteiger partial charge in [-0.05, 0) is 80.8 Å². The highest BCUT2D eigenvalue weighted by molar-refractivity contribution is 5.72. The number of aryl methyl sites for hydroxylation is 1. The molecule has 0 aliphatic heterocycles. The van der Waals surface area contributed by atoms with Gasteiger partial charge in [0.2, 0.25) is 0 Å². The van der Waals surface area contributed by atoms with E-state index in [1.807, 2.05) is 25.1 Å². The van der Waals surface area contributed by atoms with Gasteiger partial charge in [-0.15, -0.1) is 0 Å². The third kappa shape index (κ3) is 6.04. The van der Waals surface area contributed by atoms with E-state index in [4.69, 9.17) is 14.2 Å². The van der Waals surface area contributed by atoms with Crippen LogP contribution in [0.1, 0.15) is 30.5 Å². The molecule has 0 radical (unpaired) electrons. The van der Waals surface area contributed by atoms with Crippen LogP contribution in [0.25, 0.3) is 11.1 Å². The van der Waals surface area contributed by atoms with E-state index >= 15 is 0 Å². The van der Waals surface area contributed by atoms with E-state index in [0.717, 1.165) is 22.3 Å². The van der Waals surface area contributed by atoms with Gasteiger partial charge in [0.25, 0.3) is 0 Å². The summed E-state index contributed by atoms with van der Waals surface area (Å²) in [7, 11) is 1.57. The Hall–Kier alpha value is -3.61. The third-order valence-corrected chi connectivity index (χ3v) is 5.25. The Labute approximate surface area is 198 Å². The summed E-state index contributed by atoms with van der Waals surface area (Å²) < 4.78 is 44.6. The summed E-state index contributed by atoms with van der Waals surface area (Å²) in [4.78, 5) is 11.8. The van der Waals surface area contributed by atoms with E-state index in [0.29, 0.717) is 17.1 Å². The summed E-state index contributed by atoms with van der Waals surface area (Å²) in [6.07, 6.45) is -0.246. The minimum atomic E-state index is -0.498. The number of hydrogen-bond donors (Lipinski definition) is 1. The van der Waals surface area contributed by atoms with Gasteiger partial charge in [-0.25, -0.2) is 13.6 Å². The third-order valence-electron chi connectivity index (χ3n) is 5.25. The number of hydrogen-bond acceptors (Lipinski definition) is 5. The van der Waals surface area contributed by atoms with Crippen molar-refractivity contribution in [2.45, 2.75) is 40.3 Å². The van der Waals surface area contributed by atoms with Gasteiger partial charge < -0.3 is 19.5 Å². The molecule has 1 N–H and O–H groups in total. The van der Waals surface area contributed by atoms with E-state index < -0.39 is 11.8 Å². The van der Waals surface area contributed by atoms with E-state index in [1.165, 1.54) is 24.3 Å². The Balaban J connectivity index is 1.85. The second-order valence-corrected chi connectivity index (χ2v) is 8.22. The fourth-order valence-electron chi connectivity index (χ4n) is 3.76. The first-order valence-electron chi connectivity index (χ1n) is 11.0. The first-order chi connectivity index (χ1) is 16.2. The minimum absolute atomic E-state index is 0.246. The van der Waals surface area contributed by atoms with Crippen LogP contribution < -0.4 is 14.8 Å². The molecular weight excluding hydrogens is 440 g/mol. The molecule has 34 heavy (non-hydrogen) atoms. The number of halogens is 2. The van der Waals surface area contributed by atoms with Gasteiger partial charge in [0.1, 0.15) is 23.1 Å². The molecule has 0 unspecified atom stereocenters. The van der Waals surface area contributed by atoms with Crippen molar-refractivity contribution in [3.05, 3.63) is 76.9 Å². The number of benzene rings is 3. The van der Waals surface area contributed by atoms with E-state index in [-0.39, 0.29) is 30.8 Å². The molecule has 180 valence electrons. The number of methoxy groups -OCH3 is 1. The topological polar surface area (TPSA) is 56.8 Å². The molecule has 0 aliphatic rings. The first kappa shape index (κ1) is 25.0. The number of anilines is 1. The Kier molecular flexibility index (Phi) is 8.10. The van der Waals surface area contributed by atoms with Crippen molar-refractivity contribution in [2.24, 2.45) is 0 Å². The molecule has 0 aromatic heterocycles. The summed E-state index contributed by atoms with van der Waals surface area (Å²) in [5, 5.41) is 3.12. The highest BCUT2D eigenvalue weighted by Crippen LogP contribution is 2.33. The van der Waals surface area contributed by atoms with E-state index in [1.54, 1.807) is 33.9 Å². The fraction of sp³-hybridized carbons (Fsp3) is 0.296. The van der Waals surface area contributed by atoms with Gasteiger partial charge in [-0.1, -0.05) is 12.1 Å². The number of nitrogens with one attached hydrogen (secondary N) is 1. The number of carbonyl (C=O) groups excluding carboxylic acids is 1. The summed E-state index contributed by atoms with van der Waals surface area (Å²) in [6, 6.07) is 12.9. The molecule has 0 atom stereocenters. The second-order valence-electron chi connectivity index (χ2n) is 8.22. The van der Waals surface area contributed by atoms with Crippen molar-refractivity contribution in [1.29, 1.82) is 0 Å². The van der Waals surface area contributed by atoms with Crippen LogP contribution in [-0.4, -0.2) is 25.8 Å². The number of carbonyl (C=O) groups is 1. The zero-order valence-electron chi connectivity index (χ0n) is 20.0. The van der Waals surface area contributed by atoms with Gasteiger partial charge in [0.15, 0.2) is 6.61 Å². The highest BCUT2D eigenvalue weighted by atomic mass is 19.1. The standard InChI is InChI=1S/C27H29F2NO4/c1-16(2)34-25(31)15-33-24-10-9-23(29)26(18(24)4)30-14-21-12-20(11-17(3)27(21)32-5)19-7-6-8-22(28)13-19/h6-13,16,30H,14-15H2,1-5H3. The Bertz CT molecular complexity index is 1180. The summed E-state index contributed by atoms with van der Waals surface area (Å²) in [6.45, 7) is 7.10. The molecule has 0 saturated heterocycles. The predicted molar refractivity (Wildman–Crippen MR) is 128 cm³/mol. The number of esters is 1. The van der Waals surface area contributed by atoms with Crippen LogP contribution in [0.3, 0.4) is 0 Å². The van der Waals surface area contributed by atoms with Crippen molar-refractivity contribution in [3.63, 3.8) is 0 Å². The molecule has 3 aromatic rings. The average Bonchev–Trinajstić information content (AvgIpc) is 2.77. The van der Waals surface area contributed by atoms with E-state index in [2.05, 4.69) is 5.32 Å². The highest BCUT2D eigenvalue weighted by Gasteiger charge is 2.16. The van der Waals surface area contributed by atoms with Crippen molar-refractivity contribution in [1.82, 2.24) is 0 Å². The van der Waals surface area contributed by atoms with Gasteiger partial charge >= 0.3 is 5.97 Å². The van der Waals surface area contributed by atoms with Gasteiger partial charge in [0, 0.05) is 17.7 Å². The normalized spacial score (nSPS) is 10.8. The van der Waals surface area contributed by atoms with Crippen molar-refractivity contribution in [3.8, 4) is 22.6 Å². The maximum atomic E-state index is 14.7. The summed E-state index contributed by atoms with van der Waals surface area (Å²) in [5.74, 6) is -0.234. The van der Waals surface area contributed by atoms with Crippen LogP contribution in [0.4, 0.5) is 14.5 Å². The SMILES string of the molecule is COc1c(C)cc(-c2cccc(F)c2)cc1CNc1c(F)ccc(OCC(=O)OC(C)C)c1C. The lowest BCUT2D eigenvalue weighted by Crippen LogP contribution is -2.19. The van der Waals surface area contributed by atoms with Gasteiger partial charge in [-0.3, -0.25) is 0 Å². The zero-order valence-corrected chi connectivity index (χ0v) is 20.0. The Morgan fingerprint density at radius 2 is 1.79 bits per heavy atom. The minimum Gasteiger partial charge on any atom is -0.496 e. The largest absolute Gasteiger partial charge is 0.496 e. The first-order valence-corrected chi connectivity index (χ1v) is 11.0. The quantitative estimate of drug-likeness (QED) is 0.378. The van der Waals surface area contributed by atoms with Gasteiger partial charge in [-0.2, -0.15) is 0 Å². The van der Waals surface area contributed by atoms with Crippen LogP contribution in [0, 0.1) is 25.5 Å². The van der Waals surface area contributed by atoms with Gasteiger partial charge in [0.05, 0.1) is 18.9 Å². The Morgan fingerprint density at radius 1 is 1.03 bits per heavy atom. The van der Waals surface area contributed by atoms with Crippen LogP contribution >= 0.6 is 0 Å². The molecule has 3 aromatic carbocycles. The molecule has 0 bridgehead atoms. The predicted octanol–water partition coefficient (Wildman–Crippen LogP) is 6.20. The summed E-state index contributed by atoms with van der Waals surface area (Å²) in [5.41, 5.74) is 4.00. The maximum absolute atomic E-state index is 14.7. The lowest BCUT2D eigenvalue weighted by Gasteiger charge is -2.18. The molecule has 0 fully saturated rings. The van der Waals surface area contributed by atoms with Crippen molar-refractivity contribution in [2.75, 3.05) is 19.0 Å². The van der Waals surface area contributed by atoms with Crippen LogP contribution in [0.5, 0.6) is 11.5 Å². The molecule has 0 aliphatic carbocycles. The number of ether oxygens (including phenoxy) is 3. The lowest BCUT2D eigenvalue weighted by atomic mass is 9.98. The van der Waals surface area contributed by atoms with Crippen LogP contribution in [-0.2, 0) is 16.1 Å². The Morgan fingerprint density at radius 3 is 2.47 bits per heavy atom. The summed E-state index contributed by atoms with van der Waals surface area (Å²) >= 11 is 0. The smallest absolute Gasteiger partial charge is 0.344 e. The van der Waals surface area contributed by atoms with E-state index in [9.17, 15) is 13.6 Å². The molecule has 3 rings (SSSR count). The molecule has 0 amide bonds. The molecule has 0 heterocycles. The van der Waals surface area contributed by atoms with Crippen LogP contribution in [0.2, 0.25) is 0 Å². The average molecular weight is 470 g/mol.